The van der Waals surface area contributed by atoms with Gasteiger partial charge in [-0.3, -0.25) is 4.48 Å². The summed E-state index contributed by atoms with van der Waals surface area (Å²) >= 11 is 0. The minimum atomic E-state index is -1.07. The highest BCUT2D eigenvalue weighted by Gasteiger charge is 2.34. The predicted molar refractivity (Wildman–Crippen MR) is 88.5 cm³/mol. The van der Waals surface area contributed by atoms with E-state index in [1.165, 1.54) is 6.08 Å². The van der Waals surface area contributed by atoms with E-state index in [2.05, 4.69) is 6.58 Å². The van der Waals surface area contributed by atoms with Crippen LogP contribution < -0.4 is 0 Å². The Morgan fingerprint density at radius 2 is 1.87 bits per heavy atom. The normalized spacial score (nSPS) is 15.9. The molecule has 23 heavy (non-hydrogen) atoms. The molecule has 0 radical (unpaired) electrons. The lowest BCUT2D eigenvalue weighted by atomic mass is 9.94. The third-order valence-electron chi connectivity index (χ3n) is 3.45. The standard InChI is InChI=1S/C17H29NO5/c1-7-8-9-14(10-11-15(20)21)12(2)17(22)23-16(13(3)19)18(4,5)6/h10-11,13-14,16,19H,2,7-9H2,1,3-6H3/p+1. The van der Waals surface area contributed by atoms with Crippen LogP contribution in [0.15, 0.2) is 24.3 Å². The first-order chi connectivity index (χ1) is 10.5. The molecule has 0 spiro atoms. The number of quaternary nitrogens is 1. The predicted octanol–water partition coefficient (Wildman–Crippen LogP) is 1.95. The molecule has 0 aliphatic rings. The number of hydrogen-bond donors (Lipinski definition) is 2. The molecule has 6 heteroatoms. The van der Waals surface area contributed by atoms with Gasteiger partial charge in [0.1, 0.15) is 6.10 Å². The number of carboxylic acids is 1. The first-order valence-corrected chi connectivity index (χ1v) is 7.80. The summed E-state index contributed by atoms with van der Waals surface area (Å²) in [6.45, 7) is 7.35. The fourth-order valence-corrected chi connectivity index (χ4v) is 2.25. The van der Waals surface area contributed by atoms with Gasteiger partial charge in [-0.05, 0) is 13.3 Å². The Labute approximate surface area is 138 Å². The molecule has 132 valence electrons. The van der Waals surface area contributed by atoms with Crippen LogP contribution in [0.3, 0.4) is 0 Å². The molecule has 0 aliphatic carbocycles. The minimum Gasteiger partial charge on any atom is -0.478 e. The van der Waals surface area contributed by atoms with Crippen molar-refractivity contribution in [3.8, 4) is 0 Å². The zero-order valence-corrected chi connectivity index (χ0v) is 14.8. The molecule has 3 atom stereocenters. The summed E-state index contributed by atoms with van der Waals surface area (Å²) in [5, 5.41) is 18.6. The molecule has 0 fully saturated rings. The lowest BCUT2D eigenvalue weighted by molar-refractivity contribution is -0.920. The Balaban J connectivity index is 5.10. The topological polar surface area (TPSA) is 83.8 Å². The van der Waals surface area contributed by atoms with Crippen molar-refractivity contribution in [1.29, 1.82) is 0 Å². The number of carboxylic acid groups (broad SMARTS) is 1. The number of rotatable bonds is 10. The Kier molecular flexibility index (Phi) is 8.79. The third-order valence-corrected chi connectivity index (χ3v) is 3.45. The van der Waals surface area contributed by atoms with E-state index >= 15 is 0 Å². The fraction of sp³-hybridized carbons (Fsp3) is 0.647. The average molecular weight is 328 g/mol. The van der Waals surface area contributed by atoms with Crippen LogP contribution in [0.1, 0.15) is 33.1 Å². The van der Waals surface area contributed by atoms with E-state index in [-0.39, 0.29) is 16.0 Å². The number of hydrogen-bond acceptors (Lipinski definition) is 4. The fourth-order valence-electron chi connectivity index (χ4n) is 2.25. The summed E-state index contributed by atoms with van der Waals surface area (Å²) < 4.78 is 5.66. The zero-order chi connectivity index (χ0) is 18.2. The van der Waals surface area contributed by atoms with Gasteiger partial charge in [0.25, 0.3) is 6.23 Å². The van der Waals surface area contributed by atoms with Crippen molar-refractivity contribution in [2.75, 3.05) is 21.1 Å². The maximum Gasteiger partial charge on any atom is 0.338 e. The van der Waals surface area contributed by atoms with Crippen molar-refractivity contribution in [2.45, 2.75) is 45.4 Å². The second-order valence-electron chi connectivity index (χ2n) is 6.62. The SMILES string of the molecule is C=C(C(=O)OC(C(C)O)[N+](C)(C)C)C(C=CC(=O)O)CCCC. The van der Waals surface area contributed by atoms with Gasteiger partial charge < -0.3 is 14.9 Å². The van der Waals surface area contributed by atoms with Crippen LogP contribution in [-0.4, -0.2) is 60.1 Å². The molecule has 0 aromatic carbocycles. The number of esters is 1. The van der Waals surface area contributed by atoms with Gasteiger partial charge in [0.2, 0.25) is 0 Å². The molecule has 0 heterocycles. The van der Waals surface area contributed by atoms with E-state index in [0.29, 0.717) is 6.42 Å². The monoisotopic (exact) mass is 328 g/mol. The molecule has 0 bridgehead atoms. The van der Waals surface area contributed by atoms with Crippen LogP contribution in [0.2, 0.25) is 0 Å². The summed E-state index contributed by atoms with van der Waals surface area (Å²) in [6, 6.07) is 0. The van der Waals surface area contributed by atoms with E-state index in [4.69, 9.17) is 9.84 Å². The average Bonchev–Trinajstić information content (AvgIpc) is 2.42. The molecule has 0 amide bonds. The number of nitrogens with zero attached hydrogens (tertiary/aromatic N) is 1. The van der Waals surface area contributed by atoms with Gasteiger partial charge in [-0.15, -0.1) is 0 Å². The summed E-state index contributed by atoms with van der Waals surface area (Å²) in [6.07, 6.45) is 3.31. The van der Waals surface area contributed by atoms with Crippen LogP contribution in [0.25, 0.3) is 0 Å². The van der Waals surface area contributed by atoms with Crippen molar-refractivity contribution in [3.05, 3.63) is 24.3 Å². The molecule has 0 saturated heterocycles. The maximum absolute atomic E-state index is 12.3. The second kappa shape index (κ2) is 9.47. The zero-order valence-electron chi connectivity index (χ0n) is 14.8. The largest absolute Gasteiger partial charge is 0.478 e. The molecule has 6 nitrogen and oxygen atoms in total. The number of aliphatic hydroxyl groups is 1. The summed E-state index contributed by atoms with van der Waals surface area (Å²) in [5.41, 5.74) is 0.204. The lowest BCUT2D eigenvalue weighted by Gasteiger charge is -2.35. The Hall–Kier alpha value is -1.66. The van der Waals surface area contributed by atoms with Gasteiger partial charge in [-0.1, -0.05) is 32.4 Å². The highest BCUT2D eigenvalue weighted by atomic mass is 16.6. The number of carbonyl (C=O) groups excluding carboxylic acids is 1. The molecule has 2 N–H and O–H groups in total. The summed E-state index contributed by atoms with van der Waals surface area (Å²) in [7, 11) is 5.44. The molecule has 0 aliphatic heterocycles. The highest BCUT2D eigenvalue weighted by Crippen LogP contribution is 2.22. The molecular weight excluding hydrogens is 298 g/mol. The summed E-state index contributed by atoms with van der Waals surface area (Å²) in [4.78, 5) is 23.0. The minimum absolute atomic E-state index is 0.204. The number of allylic oxidation sites excluding steroid dienone is 1. The number of ether oxygens (including phenoxy) is 1. The number of aliphatic carboxylic acids is 1. The van der Waals surface area contributed by atoms with Crippen molar-refractivity contribution in [1.82, 2.24) is 0 Å². The number of carbonyl (C=O) groups is 2. The first kappa shape index (κ1) is 21.3. The van der Waals surface area contributed by atoms with Gasteiger partial charge in [0, 0.05) is 17.6 Å². The number of unbranched alkanes of at least 4 members (excludes halogenated alkanes) is 1. The Bertz CT molecular complexity index is 448. The van der Waals surface area contributed by atoms with Crippen LogP contribution >= 0.6 is 0 Å². The van der Waals surface area contributed by atoms with Crippen molar-refractivity contribution in [3.63, 3.8) is 0 Å². The highest BCUT2D eigenvalue weighted by molar-refractivity contribution is 5.89. The van der Waals surface area contributed by atoms with Crippen LogP contribution in [0.5, 0.6) is 0 Å². The van der Waals surface area contributed by atoms with Crippen molar-refractivity contribution < 1.29 is 29.0 Å². The Morgan fingerprint density at radius 1 is 1.30 bits per heavy atom. The van der Waals surface area contributed by atoms with Gasteiger partial charge in [0.05, 0.1) is 21.1 Å². The van der Waals surface area contributed by atoms with Crippen molar-refractivity contribution in [2.24, 2.45) is 5.92 Å². The van der Waals surface area contributed by atoms with E-state index in [1.807, 2.05) is 28.1 Å². The Morgan fingerprint density at radius 3 is 2.26 bits per heavy atom. The van der Waals surface area contributed by atoms with E-state index in [0.717, 1.165) is 18.9 Å². The van der Waals surface area contributed by atoms with Gasteiger partial charge in [-0.2, -0.15) is 0 Å². The smallest absolute Gasteiger partial charge is 0.338 e. The quantitative estimate of drug-likeness (QED) is 0.277. The summed E-state index contributed by atoms with van der Waals surface area (Å²) in [5.74, 6) is -2.07. The maximum atomic E-state index is 12.3. The van der Waals surface area contributed by atoms with Crippen LogP contribution in [0, 0.1) is 5.92 Å². The first-order valence-electron chi connectivity index (χ1n) is 7.80. The number of aliphatic hydroxyl groups excluding tert-OH is 1. The van der Waals surface area contributed by atoms with Crippen molar-refractivity contribution >= 4 is 11.9 Å². The molecule has 3 unspecified atom stereocenters. The molecule has 0 saturated carbocycles. The number of likely N-dealkylation sites (N-methyl/N-ethyl adjacent to an activating group) is 1. The van der Waals surface area contributed by atoms with E-state index in [9.17, 15) is 14.7 Å². The molecule has 0 aromatic heterocycles. The molecule has 0 rings (SSSR count). The lowest BCUT2D eigenvalue weighted by Crippen LogP contribution is -2.53. The van der Waals surface area contributed by atoms with Gasteiger partial charge >= 0.3 is 11.9 Å². The molecular formula is C17H30NO5+. The van der Waals surface area contributed by atoms with Gasteiger partial charge in [0.15, 0.2) is 0 Å². The van der Waals surface area contributed by atoms with E-state index < -0.39 is 24.3 Å². The van der Waals surface area contributed by atoms with E-state index in [1.54, 1.807) is 6.92 Å². The second-order valence-corrected chi connectivity index (χ2v) is 6.62. The molecule has 0 aromatic rings. The van der Waals surface area contributed by atoms with Crippen LogP contribution in [0.4, 0.5) is 0 Å². The van der Waals surface area contributed by atoms with Gasteiger partial charge in [-0.25, -0.2) is 9.59 Å². The van der Waals surface area contributed by atoms with Crippen LogP contribution in [-0.2, 0) is 14.3 Å². The third kappa shape index (κ3) is 7.95.